The van der Waals surface area contributed by atoms with E-state index in [1.165, 1.54) is 11.1 Å². The summed E-state index contributed by atoms with van der Waals surface area (Å²) in [5.41, 5.74) is 5.59. The van der Waals surface area contributed by atoms with Crippen LogP contribution in [0, 0.1) is 0 Å². The van der Waals surface area contributed by atoms with Crippen molar-refractivity contribution in [2.24, 2.45) is 0 Å². The standard InChI is InChI=1S/C22H16ClN3O3/c23-12-9-18-20(26-21(27)24-18)19(10-12)25-22(28)29-11-17-15-7-3-1-5-13(15)14-6-2-4-8-16(14)17/h1-10,17H,11H2,(H,25,28)(H2,24,26,27). The Hall–Kier alpha value is -3.51. The van der Waals surface area contributed by atoms with Crippen molar-refractivity contribution in [3.63, 3.8) is 0 Å². The van der Waals surface area contributed by atoms with Gasteiger partial charge in [0.05, 0.1) is 16.7 Å². The van der Waals surface area contributed by atoms with Gasteiger partial charge in [0.2, 0.25) is 0 Å². The summed E-state index contributed by atoms with van der Waals surface area (Å²) in [6.45, 7) is 0.202. The maximum absolute atomic E-state index is 12.5. The van der Waals surface area contributed by atoms with E-state index in [9.17, 15) is 9.59 Å². The molecule has 0 bridgehead atoms. The second-order valence-corrected chi connectivity index (χ2v) is 7.34. The van der Waals surface area contributed by atoms with E-state index >= 15 is 0 Å². The van der Waals surface area contributed by atoms with Crippen LogP contribution in [0.1, 0.15) is 17.0 Å². The topological polar surface area (TPSA) is 87.0 Å². The lowest BCUT2D eigenvalue weighted by Gasteiger charge is -2.15. The second kappa shape index (κ2) is 6.83. The summed E-state index contributed by atoms with van der Waals surface area (Å²) in [6.07, 6.45) is -0.613. The predicted octanol–water partition coefficient (Wildman–Crippen LogP) is 4.87. The minimum atomic E-state index is -0.613. The molecule has 1 aliphatic carbocycles. The summed E-state index contributed by atoms with van der Waals surface area (Å²) in [5.74, 6) is -0.0282. The number of H-pyrrole nitrogens is 2. The first-order valence-electron chi connectivity index (χ1n) is 9.14. The first-order chi connectivity index (χ1) is 14.1. The highest BCUT2D eigenvalue weighted by molar-refractivity contribution is 6.31. The third-order valence-corrected chi connectivity index (χ3v) is 5.39. The normalized spacial score (nSPS) is 12.6. The molecule has 0 atom stereocenters. The van der Waals surface area contributed by atoms with Gasteiger partial charge in [-0.15, -0.1) is 0 Å². The van der Waals surface area contributed by atoms with Crippen LogP contribution in [-0.4, -0.2) is 22.7 Å². The van der Waals surface area contributed by atoms with Crippen molar-refractivity contribution < 1.29 is 9.53 Å². The number of anilines is 1. The maximum Gasteiger partial charge on any atom is 0.411 e. The zero-order valence-corrected chi connectivity index (χ0v) is 15.9. The van der Waals surface area contributed by atoms with Gasteiger partial charge in [-0.2, -0.15) is 0 Å². The van der Waals surface area contributed by atoms with Crippen molar-refractivity contribution in [3.05, 3.63) is 87.3 Å². The summed E-state index contributed by atoms with van der Waals surface area (Å²) >= 11 is 6.08. The average Bonchev–Trinajstić information content (AvgIpc) is 3.24. The largest absolute Gasteiger partial charge is 0.448 e. The van der Waals surface area contributed by atoms with Crippen LogP contribution < -0.4 is 11.0 Å². The summed E-state index contributed by atoms with van der Waals surface area (Å²) in [4.78, 5) is 29.3. The third-order valence-electron chi connectivity index (χ3n) is 5.17. The first kappa shape index (κ1) is 17.6. The molecule has 0 unspecified atom stereocenters. The van der Waals surface area contributed by atoms with Crippen molar-refractivity contribution in [1.82, 2.24) is 9.97 Å². The summed E-state index contributed by atoms with van der Waals surface area (Å²) in [6, 6.07) is 19.5. The number of benzene rings is 3. The Balaban J connectivity index is 1.37. The predicted molar refractivity (Wildman–Crippen MR) is 113 cm³/mol. The van der Waals surface area contributed by atoms with Gasteiger partial charge in [0.1, 0.15) is 6.61 Å². The molecule has 6 nitrogen and oxygen atoms in total. The third kappa shape index (κ3) is 3.07. The van der Waals surface area contributed by atoms with Crippen molar-refractivity contribution in [3.8, 4) is 11.1 Å². The number of hydrogen-bond acceptors (Lipinski definition) is 3. The van der Waals surface area contributed by atoms with E-state index in [0.717, 1.165) is 11.1 Å². The number of ether oxygens (including phenoxy) is 1. The van der Waals surface area contributed by atoms with Gasteiger partial charge in [-0.1, -0.05) is 60.1 Å². The monoisotopic (exact) mass is 405 g/mol. The lowest BCUT2D eigenvalue weighted by atomic mass is 9.98. The molecular weight excluding hydrogens is 390 g/mol. The van der Waals surface area contributed by atoms with Crippen molar-refractivity contribution in [1.29, 1.82) is 0 Å². The molecule has 1 aliphatic rings. The fraction of sp³-hybridized carbons (Fsp3) is 0.0909. The Bertz CT molecular complexity index is 1260. The number of fused-ring (bicyclic) bond motifs is 4. The smallest absolute Gasteiger partial charge is 0.411 e. The molecule has 3 N–H and O–H groups in total. The van der Waals surface area contributed by atoms with Gasteiger partial charge >= 0.3 is 11.8 Å². The molecule has 0 saturated heterocycles. The number of halogens is 1. The van der Waals surface area contributed by atoms with E-state index in [0.29, 0.717) is 21.7 Å². The number of imidazole rings is 1. The van der Waals surface area contributed by atoms with Gasteiger partial charge in [-0.05, 0) is 34.4 Å². The lowest BCUT2D eigenvalue weighted by molar-refractivity contribution is 0.158. The van der Waals surface area contributed by atoms with Gasteiger partial charge in [-0.3, -0.25) is 5.32 Å². The van der Waals surface area contributed by atoms with Crippen molar-refractivity contribution in [2.75, 3.05) is 11.9 Å². The number of aromatic nitrogens is 2. The Morgan fingerprint density at radius 3 is 2.34 bits per heavy atom. The zero-order chi connectivity index (χ0) is 20.0. The molecule has 3 aromatic carbocycles. The van der Waals surface area contributed by atoms with Crippen LogP contribution >= 0.6 is 11.6 Å². The molecule has 1 amide bonds. The molecule has 0 aliphatic heterocycles. The van der Waals surface area contributed by atoms with Crippen LogP contribution in [-0.2, 0) is 4.74 Å². The van der Waals surface area contributed by atoms with E-state index in [1.807, 2.05) is 24.3 Å². The van der Waals surface area contributed by atoms with Crippen LogP contribution in [0.4, 0.5) is 10.5 Å². The fourth-order valence-electron chi connectivity index (χ4n) is 3.95. The highest BCUT2D eigenvalue weighted by atomic mass is 35.5. The van der Waals surface area contributed by atoms with Crippen LogP contribution in [0.5, 0.6) is 0 Å². The molecule has 144 valence electrons. The van der Waals surface area contributed by atoms with Crippen LogP contribution in [0.2, 0.25) is 5.02 Å². The molecule has 29 heavy (non-hydrogen) atoms. The Morgan fingerprint density at radius 1 is 1.00 bits per heavy atom. The number of amides is 1. The molecule has 4 aromatic rings. The molecule has 7 heteroatoms. The maximum atomic E-state index is 12.5. The van der Waals surface area contributed by atoms with Gasteiger partial charge in [0.15, 0.2) is 0 Å². The highest BCUT2D eigenvalue weighted by Crippen LogP contribution is 2.44. The van der Waals surface area contributed by atoms with Crippen molar-refractivity contribution in [2.45, 2.75) is 5.92 Å². The quantitative estimate of drug-likeness (QED) is 0.454. The number of aromatic amines is 2. The molecule has 1 heterocycles. The van der Waals surface area contributed by atoms with Gasteiger partial charge in [-0.25, -0.2) is 9.59 Å². The minimum absolute atomic E-state index is 0.0282. The molecule has 0 spiro atoms. The van der Waals surface area contributed by atoms with Gasteiger partial charge < -0.3 is 14.7 Å². The number of rotatable bonds is 3. The van der Waals surface area contributed by atoms with E-state index in [-0.39, 0.29) is 18.2 Å². The van der Waals surface area contributed by atoms with E-state index in [4.69, 9.17) is 16.3 Å². The van der Waals surface area contributed by atoms with Crippen molar-refractivity contribution >= 4 is 34.4 Å². The number of carbonyl (C=O) groups excluding carboxylic acids is 1. The molecule has 0 fully saturated rings. The van der Waals surface area contributed by atoms with Crippen LogP contribution in [0.25, 0.3) is 22.2 Å². The summed E-state index contributed by atoms with van der Waals surface area (Å²) < 4.78 is 5.54. The minimum Gasteiger partial charge on any atom is -0.448 e. The summed E-state index contributed by atoms with van der Waals surface area (Å²) in [7, 11) is 0. The molecule has 1 aromatic heterocycles. The Morgan fingerprint density at radius 2 is 1.66 bits per heavy atom. The van der Waals surface area contributed by atoms with Crippen LogP contribution in [0.3, 0.4) is 0 Å². The fourth-order valence-corrected chi connectivity index (χ4v) is 4.17. The zero-order valence-electron chi connectivity index (χ0n) is 15.2. The van der Waals surface area contributed by atoms with Gasteiger partial charge in [0.25, 0.3) is 0 Å². The molecular formula is C22H16ClN3O3. The average molecular weight is 406 g/mol. The second-order valence-electron chi connectivity index (χ2n) is 6.91. The summed E-state index contributed by atoms with van der Waals surface area (Å²) in [5, 5.41) is 3.07. The van der Waals surface area contributed by atoms with Crippen LogP contribution in [0.15, 0.2) is 65.5 Å². The van der Waals surface area contributed by atoms with E-state index in [2.05, 4.69) is 39.6 Å². The van der Waals surface area contributed by atoms with E-state index < -0.39 is 6.09 Å². The molecule has 0 saturated carbocycles. The number of carbonyl (C=O) groups is 1. The first-order valence-corrected chi connectivity index (χ1v) is 9.51. The van der Waals surface area contributed by atoms with E-state index in [1.54, 1.807) is 12.1 Å². The number of nitrogens with one attached hydrogen (secondary N) is 3. The Kier molecular flexibility index (Phi) is 4.14. The highest BCUT2D eigenvalue weighted by Gasteiger charge is 2.29. The lowest BCUT2D eigenvalue weighted by Crippen LogP contribution is -2.18. The number of hydrogen-bond donors (Lipinski definition) is 3. The Labute approximate surface area is 170 Å². The SMILES string of the molecule is O=C(Nc1cc(Cl)cc2[nH]c(=O)[nH]c12)OCC1c2ccccc2-c2ccccc21. The van der Waals surface area contributed by atoms with Gasteiger partial charge in [0, 0.05) is 10.9 Å². The molecule has 5 rings (SSSR count). The molecule has 0 radical (unpaired) electrons.